The highest BCUT2D eigenvalue weighted by molar-refractivity contribution is 5.97. The van der Waals surface area contributed by atoms with E-state index in [4.69, 9.17) is 10.2 Å². The van der Waals surface area contributed by atoms with Crippen molar-refractivity contribution in [3.8, 4) is 0 Å². The molecule has 0 bridgehead atoms. The van der Waals surface area contributed by atoms with Gasteiger partial charge >= 0.3 is 0 Å². The second-order valence-electron chi connectivity index (χ2n) is 3.11. The van der Waals surface area contributed by atoms with Gasteiger partial charge in [-0.05, 0) is 25.5 Å². The lowest BCUT2D eigenvalue weighted by Crippen LogP contribution is -2.30. The molecule has 0 aliphatic rings. The fraction of sp³-hybridized carbons (Fsp3) is 0.300. The van der Waals surface area contributed by atoms with E-state index in [9.17, 15) is 4.79 Å². The molecule has 1 aromatic heterocycles. The van der Waals surface area contributed by atoms with Crippen LogP contribution in [-0.2, 0) is 0 Å². The summed E-state index contributed by atoms with van der Waals surface area (Å²) >= 11 is 0. The van der Waals surface area contributed by atoms with Crippen LogP contribution in [0.25, 0.3) is 0 Å². The average molecular weight is 179 g/mol. The third kappa shape index (κ3) is 2.56. The van der Waals surface area contributed by atoms with Crippen LogP contribution in [0.2, 0.25) is 0 Å². The van der Waals surface area contributed by atoms with Crippen molar-refractivity contribution in [1.29, 1.82) is 0 Å². The number of carbonyl (C=O) groups excluding carboxylic acids is 1. The van der Waals surface area contributed by atoms with Crippen LogP contribution >= 0.6 is 0 Å². The Kier molecular flexibility index (Phi) is 3.03. The molecule has 0 aromatic carbocycles. The highest BCUT2D eigenvalue weighted by Crippen LogP contribution is 2.08. The summed E-state index contributed by atoms with van der Waals surface area (Å²) in [6.45, 7) is 5.54. The molecular formula is C10H13NO2. The van der Waals surface area contributed by atoms with Crippen molar-refractivity contribution in [2.24, 2.45) is 5.73 Å². The number of hydrogen-bond acceptors (Lipinski definition) is 3. The van der Waals surface area contributed by atoms with Crippen LogP contribution in [-0.4, -0.2) is 11.8 Å². The van der Waals surface area contributed by atoms with E-state index in [2.05, 4.69) is 6.58 Å². The van der Waals surface area contributed by atoms with Crippen LogP contribution < -0.4 is 5.73 Å². The van der Waals surface area contributed by atoms with Gasteiger partial charge in [-0.1, -0.05) is 5.57 Å². The van der Waals surface area contributed by atoms with E-state index in [-0.39, 0.29) is 5.78 Å². The first-order valence-electron chi connectivity index (χ1n) is 4.09. The van der Waals surface area contributed by atoms with E-state index < -0.39 is 6.04 Å². The second kappa shape index (κ2) is 4.05. The van der Waals surface area contributed by atoms with Crippen LogP contribution in [0.5, 0.6) is 0 Å². The van der Waals surface area contributed by atoms with Gasteiger partial charge in [-0.3, -0.25) is 4.79 Å². The van der Waals surface area contributed by atoms with Crippen LogP contribution in [0.15, 0.2) is 35.0 Å². The summed E-state index contributed by atoms with van der Waals surface area (Å²) in [6, 6.07) is 2.74. The molecule has 3 nitrogen and oxygen atoms in total. The molecule has 3 heteroatoms. The number of Topliss-reactive ketones (excluding diaryl/α,β-unsaturated/α-hetero) is 1. The van der Waals surface area contributed by atoms with E-state index in [1.54, 1.807) is 12.1 Å². The van der Waals surface area contributed by atoms with Crippen LogP contribution in [0.1, 0.15) is 23.9 Å². The van der Waals surface area contributed by atoms with E-state index in [0.717, 1.165) is 5.57 Å². The summed E-state index contributed by atoms with van der Waals surface area (Å²) in [4.78, 5) is 11.5. The Labute approximate surface area is 77.2 Å². The summed E-state index contributed by atoms with van der Waals surface area (Å²) in [5, 5.41) is 0. The lowest BCUT2D eigenvalue weighted by molar-refractivity contribution is 0.0933. The zero-order valence-corrected chi connectivity index (χ0v) is 7.62. The monoisotopic (exact) mass is 179 g/mol. The van der Waals surface area contributed by atoms with Gasteiger partial charge in [0, 0.05) is 0 Å². The van der Waals surface area contributed by atoms with Crippen molar-refractivity contribution in [3.05, 3.63) is 36.3 Å². The molecule has 2 N–H and O–H groups in total. The van der Waals surface area contributed by atoms with Crippen molar-refractivity contribution in [3.63, 3.8) is 0 Å². The van der Waals surface area contributed by atoms with Gasteiger partial charge in [-0.2, -0.15) is 0 Å². The van der Waals surface area contributed by atoms with E-state index in [1.807, 2.05) is 6.92 Å². The van der Waals surface area contributed by atoms with Gasteiger partial charge in [0.15, 0.2) is 5.76 Å². The third-order valence-corrected chi connectivity index (χ3v) is 1.67. The SMILES string of the molecule is C=C(C)CC(N)C(=O)c1ccco1. The van der Waals surface area contributed by atoms with Gasteiger partial charge in [-0.25, -0.2) is 0 Å². The lowest BCUT2D eigenvalue weighted by atomic mass is 10.0. The molecule has 0 spiro atoms. The number of furan rings is 1. The number of ketones is 1. The molecule has 0 saturated heterocycles. The first kappa shape index (κ1) is 9.74. The quantitative estimate of drug-likeness (QED) is 0.566. The molecule has 0 fully saturated rings. The van der Waals surface area contributed by atoms with Crippen molar-refractivity contribution < 1.29 is 9.21 Å². The summed E-state index contributed by atoms with van der Waals surface area (Å²) in [5.74, 6) is 0.141. The Bertz CT molecular complexity index is 301. The molecule has 0 aliphatic carbocycles. The molecular weight excluding hydrogens is 166 g/mol. The standard InChI is InChI=1S/C10H13NO2/c1-7(2)6-8(11)10(12)9-4-3-5-13-9/h3-5,8H,1,6,11H2,2H3. The smallest absolute Gasteiger partial charge is 0.214 e. The molecule has 1 atom stereocenters. The van der Waals surface area contributed by atoms with Crippen molar-refractivity contribution in [1.82, 2.24) is 0 Å². The number of carbonyl (C=O) groups is 1. The minimum absolute atomic E-state index is 0.173. The maximum atomic E-state index is 11.5. The molecule has 1 rings (SSSR count). The highest BCUT2D eigenvalue weighted by Gasteiger charge is 2.17. The summed E-state index contributed by atoms with van der Waals surface area (Å²) in [6.07, 6.45) is 1.96. The molecule has 13 heavy (non-hydrogen) atoms. The topological polar surface area (TPSA) is 56.2 Å². The Morgan fingerprint density at radius 3 is 2.92 bits per heavy atom. The van der Waals surface area contributed by atoms with Crippen molar-refractivity contribution >= 4 is 5.78 Å². The first-order valence-corrected chi connectivity index (χ1v) is 4.09. The largest absolute Gasteiger partial charge is 0.461 e. The van der Waals surface area contributed by atoms with Gasteiger partial charge in [0.1, 0.15) is 0 Å². The van der Waals surface area contributed by atoms with Gasteiger partial charge < -0.3 is 10.2 Å². The summed E-state index contributed by atoms with van der Waals surface area (Å²) in [5.41, 5.74) is 6.53. The molecule has 0 aliphatic heterocycles. The van der Waals surface area contributed by atoms with Gasteiger partial charge in [0.25, 0.3) is 0 Å². The summed E-state index contributed by atoms with van der Waals surface area (Å²) < 4.78 is 4.94. The van der Waals surface area contributed by atoms with Crippen LogP contribution in [0.4, 0.5) is 0 Å². The van der Waals surface area contributed by atoms with E-state index in [0.29, 0.717) is 12.2 Å². The fourth-order valence-electron chi connectivity index (χ4n) is 1.07. The Balaban J connectivity index is 2.63. The van der Waals surface area contributed by atoms with E-state index in [1.165, 1.54) is 6.26 Å². The summed E-state index contributed by atoms with van der Waals surface area (Å²) in [7, 11) is 0. The minimum atomic E-state index is -0.538. The van der Waals surface area contributed by atoms with E-state index >= 15 is 0 Å². The van der Waals surface area contributed by atoms with Gasteiger partial charge in [0.2, 0.25) is 5.78 Å². The average Bonchev–Trinajstić information content (AvgIpc) is 2.53. The molecule has 1 unspecified atom stereocenters. The lowest BCUT2D eigenvalue weighted by Gasteiger charge is -2.07. The zero-order chi connectivity index (χ0) is 9.84. The number of nitrogens with two attached hydrogens (primary N) is 1. The van der Waals surface area contributed by atoms with Crippen molar-refractivity contribution in [2.45, 2.75) is 19.4 Å². The second-order valence-corrected chi connectivity index (χ2v) is 3.11. The Morgan fingerprint density at radius 1 is 1.77 bits per heavy atom. The molecule has 1 aromatic rings. The Hall–Kier alpha value is -1.35. The molecule has 0 radical (unpaired) electrons. The van der Waals surface area contributed by atoms with Crippen LogP contribution in [0, 0.1) is 0 Å². The third-order valence-electron chi connectivity index (χ3n) is 1.67. The highest BCUT2D eigenvalue weighted by atomic mass is 16.3. The number of rotatable bonds is 4. The maximum Gasteiger partial charge on any atom is 0.214 e. The minimum Gasteiger partial charge on any atom is -0.461 e. The molecule has 0 amide bonds. The maximum absolute atomic E-state index is 11.5. The molecule has 70 valence electrons. The Morgan fingerprint density at radius 2 is 2.46 bits per heavy atom. The predicted molar refractivity (Wildman–Crippen MR) is 50.4 cm³/mol. The molecule has 1 heterocycles. The molecule has 0 saturated carbocycles. The normalized spacial score (nSPS) is 12.5. The van der Waals surface area contributed by atoms with Crippen molar-refractivity contribution in [2.75, 3.05) is 0 Å². The predicted octanol–water partition coefficient (Wildman–Crippen LogP) is 1.76. The van der Waals surface area contributed by atoms with Gasteiger partial charge in [-0.15, -0.1) is 6.58 Å². The zero-order valence-electron chi connectivity index (χ0n) is 7.62. The number of hydrogen-bond donors (Lipinski definition) is 1. The van der Waals surface area contributed by atoms with Crippen LogP contribution in [0.3, 0.4) is 0 Å². The van der Waals surface area contributed by atoms with Gasteiger partial charge in [0.05, 0.1) is 12.3 Å². The fourth-order valence-corrected chi connectivity index (χ4v) is 1.07. The first-order chi connectivity index (χ1) is 6.11.